The molecule has 0 aliphatic heterocycles. The molecule has 1 N–H and O–H groups in total. The standard InChI is InChI=1S/C19H20O4/c1-3-15-6-4-5-7-18(15)23-13-16-12-14(9-11-19(20)21)8-10-17(16)22-2/h4-12H,3,13H2,1-2H3,(H,20,21)/b11-9+. The van der Waals surface area contributed by atoms with Crippen molar-refractivity contribution in [2.24, 2.45) is 0 Å². The van der Waals surface area contributed by atoms with E-state index in [1.165, 1.54) is 0 Å². The van der Waals surface area contributed by atoms with Crippen LogP contribution in [0.15, 0.2) is 48.5 Å². The van der Waals surface area contributed by atoms with Crippen LogP contribution in [0.1, 0.15) is 23.6 Å². The van der Waals surface area contributed by atoms with Crippen molar-refractivity contribution in [1.29, 1.82) is 0 Å². The largest absolute Gasteiger partial charge is 0.496 e. The van der Waals surface area contributed by atoms with E-state index >= 15 is 0 Å². The summed E-state index contributed by atoms with van der Waals surface area (Å²) in [6.45, 7) is 2.44. The van der Waals surface area contributed by atoms with Crippen molar-refractivity contribution < 1.29 is 19.4 Å². The number of aliphatic carboxylic acids is 1. The minimum absolute atomic E-state index is 0.356. The quantitative estimate of drug-likeness (QED) is 0.787. The van der Waals surface area contributed by atoms with Gasteiger partial charge in [-0.2, -0.15) is 0 Å². The number of carboxylic acid groups (broad SMARTS) is 1. The summed E-state index contributed by atoms with van der Waals surface area (Å²) in [4.78, 5) is 10.6. The molecule has 4 nitrogen and oxygen atoms in total. The van der Waals surface area contributed by atoms with Crippen molar-refractivity contribution in [3.63, 3.8) is 0 Å². The summed E-state index contributed by atoms with van der Waals surface area (Å²) >= 11 is 0. The third-order valence-electron chi connectivity index (χ3n) is 3.46. The molecule has 0 bridgehead atoms. The van der Waals surface area contributed by atoms with Crippen molar-refractivity contribution in [3.05, 3.63) is 65.2 Å². The Morgan fingerprint density at radius 2 is 1.91 bits per heavy atom. The summed E-state index contributed by atoms with van der Waals surface area (Å²) in [5.74, 6) is 0.588. The SMILES string of the molecule is CCc1ccccc1OCc1cc(/C=C/C(=O)O)ccc1OC. The molecule has 0 saturated carbocycles. The lowest BCUT2D eigenvalue weighted by Gasteiger charge is -2.13. The van der Waals surface area contributed by atoms with Gasteiger partial charge in [0.05, 0.1) is 7.11 Å². The molecule has 0 saturated heterocycles. The van der Waals surface area contributed by atoms with Gasteiger partial charge < -0.3 is 14.6 Å². The van der Waals surface area contributed by atoms with E-state index in [-0.39, 0.29) is 0 Å². The lowest BCUT2D eigenvalue weighted by Crippen LogP contribution is -2.01. The number of hydrogen-bond acceptors (Lipinski definition) is 3. The van der Waals surface area contributed by atoms with Crippen LogP contribution in [-0.2, 0) is 17.8 Å². The summed E-state index contributed by atoms with van der Waals surface area (Å²) < 4.78 is 11.3. The Labute approximate surface area is 136 Å². The van der Waals surface area contributed by atoms with Crippen LogP contribution in [0.25, 0.3) is 6.08 Å². The van der Waals surface area contributed by atoms with Crippen LogP contribution in [0, 0.1) is 0 Å². The molecule has 2 aromatic rings. The third kappa shape index (κ3) is 4.61. The van der Waals surface area contributed by atoms with Crippen molar-refractivity contribution in [2.75, 3.05) is 7.11 Å². The Morgan fingerprint density at radius 1 is 1.13 bits per heavy atom. The lowest BCUT2D eigenvalue weighted by molar-refractivity contribution is -0.131. The van der Waals surface area contributed by atoms with Crippen LogP contribution in [0.2, 0.25) is 0 Å². The number of carbonyl (C=O) groups is 1. The average molecular weight is 312 g/mol. The highest BCUT2D eigenvalue weighted by Gasteiger charge is 2.07. The highest BCUT2D eigenvalue weighted by Crippen LogP contribution is 2.24. The second-order valence-corrected chi connectivity index (χ2v) is 4.99. The van der Waals surface area contributed by atoms with Crippen molar-refractivity contribution in [3.8, 4) is 11.5 Å². The topological polar surface area (TPSA) is 55.8 Å². The van der Waals surface area contributed by atoms with Gasteiger partial charge in [-0.05, 0) is 41.8 Å². The first kappa shape index (κ1) is 16.6. The van der Waals surface area contributed by atoms with Crippen molar-refractivity contribution in [1.82, 2.24) is 0 Å². The van der Waals surface area contributed by atoms with E-state index in [4.69, 9.17) is 14.6 Å². The van der Waals surface area contributed by atoms with E-state index in [0.29, 0.717) is 12.4 Å². The summed E-state index contributed by atoms with van der Waals surface area (Å²) in [6.07, 6.45) is 3.55. The molecular weight excluding hydrogens is 292 g/mol. The number of benzene rings is 2. The molecule has 0 aliphatic carbocycles. The molecule has 0 heterocycles. The highest BCUT2D eigenvalue weighted by molar-refractivity contribution is 5.85. The molecule has 0 amide bonds. The number of ether oxygens (including phenoxy) is 2. The zero-order valence-electron chi connectivity index (χ0n) is 13.3. The maximum absolute atomic E-state index is 10.6. The predicted molar refractivity (Wildman–Crippen MR) is 89.8 cm³/mol. The van der Waals surface area contributed by atoms with Crippen molar-refractivity contribution in [2.45, 2.75) is 20.0 Å². The molecule has 0 atom stereocenters. The molecule has 0 fully saturated rings. The van der Waals surface area contributed by atoms with E-state index in [1.807, 2.05) is 42.5 Å². The monoisotopic (exact) mass is 312 g/mol. The van der Waals surface area contributed by atoms with E-state index in [2.05, 4.69) is 6.92 Å². The van der Waals surface area contributed by atoms with E-state index in [9.17, 15) is 4.79 Å². The number of para-hydroxylation sites is 1. The molecule has 2 rings (SSSR count). The smallest absolute Gasteiger partial charge is 0.328 e. The Bertz CT molecular complexity index is 704. The number of rotatable bonds is 7. The third-order valence-corrected chi connectivity index (χ3v) is 3.46. The zero-order chi connectivity index (χ0) is 16.7. The van der Waals surface area contributed by atoms with Gasteiger partial charge in [0.2, 0.25) is 0 Å². The van der Waals surface area contributed by atoms with Gasteiger partial charge in [0.25, 0.3) is 0 Å². The van der Waals surface area contributed by atoms with E-state index < -0.39 is 5.97 Å². The highest BCUT2D eigenvalue weighted by atomic mass is 16.5. The summed E-state index contributed by atoms with van der Waals surface area (Å²) in [5, 5.41) is 8.72. The van der Waals surface area contributed by atoms with Crippen LogP contribution in [-0.4, -0.2) is 18.2 Å². The summed E-state index contributed by atoms with van der Waals surface area (Å²) in [5.41, 5.74) is 2.80. The molecule has 0 radical (unpaired) electrons. The Kier molecular flexibility index (Phi) is 5.80. The van der Waals surface area contributed by atoms with Crippen molar-refractivity contribution >= 4 is 12.0 Å². The normalized spacial score (nSPS) is 10.7. The van der Waals surface area contributed by atoms with Gasteiger partial charge in [-0.1, -0.05) is 31.2 Å². The fraction of sp³-hybridized carbons (Fsp3) is 0.211. The molecule has 23 heavy (non-hydrogen) atoms. The Morgan fingerprint density at radius 3 is 2.61 bits per heavy atom. The molecule has 0 aromatic heterocycles. The van der Waals surface area contributed by atoms with E-state index in [1.54, 1.807) is 13.2 Å². The first-order chi connectivity index (χ1) is 11.1. The fourth-order valence-electron chi connectivity index (χ4n) is 2.27. The van der Waals surface area contributed by atoms with Gasteiger partial charge in [-0.25, -0.2) is 4.79 Å². The number of hydrogen-bond donors (Lipinski definition) is 1. The van der Waals surface area contributed by atoms with Crippen LogP contribution >= 0.6 is 0 Å². The van der Waals surface area contributed by atoms with Gasteiger partial charge in [0.15, 0.2) is 0 Å². The van der Waals surface area contributed by atoms with Gasteiger partial charge in [0.1, 0.15) is 18.1 Å². The lowest BCUT2D eigenvalue weighted by atomic mass is 10.1. The molecule has 0 unspecified atom stereocenters. The van der Waals surface area contributed by atoms with Gasteiger partial charge in [0, 0.05) is 11.6 Å². The molecule has 0 spiro atoms. The summed E-state index contributed by atoms with van der Waals surface area (Å²) in [6, 6.07) is 13.4. The minimum Gasteiger partial charge on any atom is -0.496 e. The maximum atomic E-state index is 10.6. The number of aryl methyl sites for hydroxylation is 1. The van der Waals surface area contributed by atoms with E-state index in [0.717, 1.165) is 34.9 Å². The Hall–Kier alpha value is -2.75. The van der Waals surface area contributed by atoms with Crippen LogP contribution < -0.4 is 9.47 Å². The summed E-state index contributed by atoms with van der Waals surface area (Å²) in [7, 11) is 1.60. The molecule has 2 aromatic carbocycles. The van der Waals surface area contributed by atoms with Crippen LogP contribution in [0.3, 0.4) is 0 Å². The maximum Gasteiger partial charge on any atom is 0.328 e. The van der Waals surface area contributed by atoms with Crippen LogP contribution in [0.5, 0.6) is 11.5 Å². The average Bonchev–Trinajstić information content (AvgIpc) is 2.58. The first-order valence-electron chi connectivity index (χ1n) is 7.42. The fourth-order valence-corrected chi connectivity index (χ4v) is 2.27. The zero-order valence-corrected chi connectivity index (χ0v) is 13.3. The second-order valence-electron chi connectivity index (χ2n) is 4.99. The minimum atomic E-state index is -0.976. The number of methoxy groups -OCH3 is 1. The molecule has 120 valence electrons. The number of carboxylic acids is 1. The molecule has 4 heteroatoms. The van der Waals surface area contributed by atoms with Gasteiger partial charge in [-0.15, -0.1) is 0 Å². The predicted octanol–water partition coefficient (Wildman–Crippen LogP) is 3.93. The molecule has 0 aliphatic rings. The van der Waals surface area contributed by atoms with Gasteiger partial charge in [-0.3, -0.25) is 0 Å². The second kappa shape index (κ2) is 8.03. The molecular formula is C19H20O4. The van der Waals surface area contributed by atoms with Crippen LogP contribution in [0.4, 0.5) is 0 Å². The van der Waals surface area contributed by atoms with Gasteiger partial charge >= 0.3 is 5.97 Å². The first-order valence-corrected chi connectivity index (χ1v) is 7.42. The Balaban J connectivity index is 2.20.